The molecule has 1 heterocycles. The van der Waals surface area contributed by atoms with Gasteiger partial charge in [-0.3, -0.25) is 0 Å². The van der Waals surface area contributed by atoms with Gasteiger partial charge in [0.1, 0.15) is 0 Å². The van der Waals surface area contributed by atoms with Crippen molar-refractivity contribution in [1.29, 1.82) is 0 Å². The van der Waals surface area contributed by atoms with Gasteiger partial charge in [-0.15, -0.1) is 0 Å². The quantitative estimate of drug-likeness (QED) is 0.703. The van der Waals surface area contributed by atoms with Crippen LogP contribution in [0.4, 0.5) is 0 Å². The van der Waals surface area contributed by atoms with E-state index in [9.17, 15) is 0 Å². The maximum absolute atomic E-state index is 3.63. The van der Waals surface area contributed by atoms with Crippen LogP contribution in [0.25, 0.3) is 0 Å². The van der Waals surface area contributed by atoms with Gasteiger partial charge in [0.25, 0.3) is 0 Å². The van der Waals surface area contributed by atoms with Crippen molar-refractivity contribution in [3.8, 4) is 0 Å². The lowest BCUT2D eigenvalue weighted by atomic mass is 10.0. The lowest BCUT2D eigenvalue weighted by Gasteiger charge is -2.32. The minimum absolute atomic E-state index is 0.745. The highest BCUT2D eigenvalue weighted by Gasteiger charge is 2.22. The molecule has 1 rings (SSSR count). The molecule has 14 heavy (non-hydrogen) atoms. The summed E-state index contributed by atoms with van der Waals surface area (Å²) in [6.07, 6.45) is 4.21. The number of hydrogen-bond acceptors (Lipinski definition) is 1. The molecule has 0 aromatic heterocycles. The summed E-state index contributed by atoms with van der Waals surface area (Å²) in [7, 11) is 0. The van der Waals surface area contributed by atoms with Gasteiger partial charge < -0.3 is 4.90 Å². The number of hydrogen-bond donors (Lipinski definition) is 0. The second kappa shape index (κ2) is 6.12. The Balaban J connectivity index is 2.49. The molecule has 2 atom stereocenters. The predicted molar refractivity (Wildman–Crippen MR) is 67.0 cm³/mol. The van der Waals surface area contributed by atoms with Crippen molar-refractivity contribution in [2.24, 2.45) is 11.8 Å². The molecule has 1 aliphatic rings. The second-order valence-electron chi connectivity index (χ2n) is 5.00. The number of nitrogens with zero attached hydrogens (tertiary/aromatic N) is 1. The van der Waals surface area contributed by atoms with E-state index in [1.807, 2.05) is 0 Å². The van der Waals surface area contributed by atoms with Gasteiger partial charge in [0, 0.05) is 17.9 Å². The highest BCUT2D eigenvalue weighted by atomic mass is 79.9. The van der Waals surface area contributed by atoms with Crippen molar-refractivity contribution in [1.82, 2.24) is 4.90 Å². The third-order valence-corrected chi connectivity index (χ3v) is 4.48. The summed E-state index contributed by atoms with van der Waals surface area (Å²) in [5.41, 5.74) is 0. The predicted octanol–water partition coefficient (Wildman–Crippen LogP) is 3.53. The summed E-state index contributed by atoms with van der Waals surface area (Å²) in [5, 5.41) is 1.17. The van der Waals surface area contributed by atoms with Crippen molar-refractivity contribution in [3.63, 3.8) is 0 Å². The molecule has 0 radical (unpaired) electrons. The Morgan fingerprint density at radius 1 is 1.29 bits per heavy atom. The average molecular weight is 262 g/mol. The SMILES string of the molecule is CC(C)C(C)N1CCCCC(CBr)C1. The van der Waals surface area contributed by atoms with Gasteiger partial charge in [-0.25, -0.2) is 0 Å². The zero-order chi connectivity index (χ0) is 10.6. The lowest BCUT2D eigenvalue weighted by Crippen LogP contribution is -2.39. The van der Waals surface area contributed by atoms with Gasteiger partial charge in [0.2, 0.25) is 0 Å². The Kier molecular flexibility index (Phi) is 5.47. The van der Waals surface area contributed by atoms with E-state index < -0.39 is 0 Å². The van der Waals surface area contributed by atoms with Crippen molar-refractivity contribution >= 4 is 15.9 Å². The number of rotatable bonds is 3. The Bertz CT molecular complexity index is 158. The minimum Gasteiger partial charge on any atom is -0.300 e. The van der Waals surface area contributed by atoms with Gasteiger partial charge in [0.15, 0.2) is 0 Å². The number of alkyl halides is 1. The molecular weight excluding hydrogens is 238 g/mol. The molecular formula is C12H24BrN. The molecule has 0 spiro atoms. The van der Waals surface area contributed by atoms with E-state index >= 15 is 0 Å². The zero-order valence-electron chi connectivity index (χ0n) is 9.80. The maximum atomic E-state index is 3.63. The van der Waals surface area contributed by atoms with Crippen molar-refractivity contribution in [2.75, 3.05) is 18.4 Å². The zero-order valence-corrected chi connectivity index (χ0v) is 11.4. The van der Waals surface area contributed by atoms with E-state index in [-0.39, 0.29) is 0 Å². The Labute approximate surface area is 97.4 Å². The Hall–Kier alpha value is 0.440. The van der Waals surface area contributed by atoms with Crippen LogP contribution in [0.2, 0.25) is 0 Å². The standard InChI is InChI=1S/C12H24BrN/c1-10(2)11(3)14-7-5-4-6-12(8-13)9-14/h10-12H,4-9H2,1-3H3. The van der Waals surface area contributed by atoms with E-state index in [4.69, 9.17) is 0 Å². The Morgan fingerprint density at radius 3 is 2.57 bits per heavy atom. The first-order valence-corrected chi connectivity index (χ1v) is 7.07. The molecule has 1 nitrogen and oxygen atoms in total. The van der Waals surface area contributed by atoms with Crippen LogP contribution < -0.4 is 0 Å². The smallest absolute Gasteiger partial charge is 0.00900 e. The lowest BCUT2D eigenvalue weighted by molar-refractivity contribution is 0.159. The topological polar surface area (TPSA) is 3.24 Å². The first-order chi connectivity index (χ1) is 6.65. The van der Waals surface area contributed by atoms with Crippen molar-refractivity contribution < 1.29 is 0 Å². The van der Waals surface area contributed by atoms with Crippen LogP contribution in [0.15, 0.2) is 0 Å². The van der Waals surface area contributed by atoms with Crippen LogP contribution >= 0.6 is 15.9 Å². The third-order valence-electron chi connectivity index (χ3n) is 3.56. The van der Waals surface area contributed by atoms with Crippen LogP contribution in [0, 0.1) is 11.8 Å². The summed E-state index contributed by atoms with van der Waals surface area (Å²) >= 11 is 3.63. The summed E-state index contributed by atoms with van der Waals surface area (Å²) in [6.45, 7) is 9.64. The molecule has 0 aromatic carbocycles. The molecule has 2 heteroatoms. The maximum Gasteiger partial charge on any atom is 0.00900 e. The van der Waals surface area contributed by atoms with Crippen LogP contribution in [-0.2, 0) is 0 Å². The molecule has 1 fully saturated rings. The number of likely N-dealkylation sites (tertiary alicyclic amines) is 1. The molecule has 1 saturated heterocycles. The molecule has 0 bridgehead atoms. The highest BCUT2D eigenvalue weighted by molar-refractivity contribution is 9.09. The van der Waals surface area contributed by atoms with Gasteiger partial charge in [0.05, 0.1) is 0 Å². The molecule has 0 aromatic rings. The van der Waals surface area contributed by atoms with E-state index in [2.05, 4.69) is 41.6 Å². The molecule has 0 amide bonds. The van der Waals surface area contributed by atoms with Gasteiger partial charge >= 0.3 is 0 Å². The van der Waals surface area contributed by atoms with E-state index in [0.717, 1.165) is 17.9 Å². The molecule has 0 N–H and O–H groups in total. The fourth-order valence-corrected chi connectivity index (χ4v) is 2.71. The van der Waals surface area contributed by atoms with Crippen molar-refractivity contribution in [2.45, 2.75) is 46.1 Å². The van der Waals surface area contributed by atoms with Crippen LogP contribution in [-0.4, -0.2) is 29.4 Å². The normalized spacial score (nSPS) is 27.6. The van der Waals surface area contributed by atoms with E-state index in [1.165, 1.54) is 37.7 Å². The monoisotopic (exact) mass is 261 g/mol. The molecule has 0 saturated carbocycles. The summed E-state index contributed by atoms with van der Waals surface area (Å²) < 4.78 is 0. The van der Waals surface area contributed by atoms with Crippen LogP contribution in [0.1, 0.15) is 40.0 Å². The number of halogens is 1. The van der Waals surface area contributed by atoms with Crippen molar-refractivity contribution in [3.05, 3.63) is 0 Å². The molecule has 84 valence electrons. The fourth-order valence-electron chi connectivity index (χ4n) is 2.18. The van der Waals surface area contributed by atoms with Gasteiger partial charge in [-0.2, -0.15) is 0 Å². The largest absolute Gasteiger partial charge is 0.300 e. The first-order valence-electron chi connectivity index (χ1n) is 5.95. The van der Waals surface area contributed by atoms with Gasteiger partial charge in [-0.1, -0.05) is 36.2 Å². The highest BCUT2D eigenvalue weighted by Crippen LogP contribution is 2.22. The van der Waals surface area contributed by atoms with E-state index in [1.54, 1.807) is 0 Å². The summed E-state index contributed by atoms with van der Waals surface area (Å²) in [4.78, 5) is 2.68. The molecule has 2 unspecified atom stereocenters. The first kappa shape index (κ1) is 12.5. The third kappa shape index (κ3) is 3.54. The van der Waals surface area contributed by atoms with Crippen LogP contribution in [0.5, 0.6) is 0 Å². The van der Waals surface area contributed by atoms with Crippen LogP contribution in [0.3, 0.4) is 0 Å². The molecule has 1 aliphatic heterocycles. The fraction of sp³-hybridized carbons (Fsp3) is 1.00. The van der Waals surface area contributed by atoms with Gasteiger partial charge in [-0.05, 0) is 38.1 Å². The summed E-state index contributed by atoms with van der Waals surface area (Å²) in [6, 6.07) is 0.745. The average Bonchev–Trinajstić information content (AvgIpc) is 2.41. The Morgan fingerprint density at radius 2 is 2.00 bits per heavy atom. The summed E-state index contributed by atoms with van der Waals surface area (Å²) in [5.74, 6) is 1.66. The molecule has 0 aliphatic carbocycles. The minimum atomic E-state index is 0.745. The second-order valence-corrected chi connectivity index (χ2v) is 5.64. The van der Waals surface area contributed by atoms with E-state index in [0.29, 0.717) is 0 Å².